The van der Waals surface area contributed by atoms with Gasteiger partial charge in [0.1, 0.15) is 11.3 Å². The molecule has 0 saturated heterocycles. The first kappa shape index (κ1) is 13.7. The van der Waals surface area contributed by atoms with E-state index in [2.05, 4.69) is 15.9 Å². The number of ether oxygens (including phenoxy) is 1. The van der Waals surface area contributed by atoms with Gasteiger partial charge in [0.15, 0.2) is 5.75 Å². The highest BCUT2D eigenvalue weighted by atomic mass is 79.9. The lowest BCUT2D eigenvalue weighted by Crippen LogP contribution is -2.03. The van der Waals surface area contributed by atoms with Gasteiger partial charge in [-0.15, -0.1) is 0 Å². The molecule has 2 rings (SSSR count). The molecule has 0 aliphatic rings. The van der Waals surface area contributed by atoms with E-state index in [1.165, 1.54) is 6.07 Å². The van der Waals surface area contributed by atoms with Crippen LogP contribution in [0.3, 0.4) is 0 Å². The number of benzene rings is 2. The topological polar surface area (TPSA) is 72.6 Å². The third-order valence-electron chi connectivity index (χ3n) is 2.38. The van der Waals surface area contributed by atoms with Crippen LogP contribution in [0.2, 0.25) is 5.02 Å². The molecule has 2 aromatic carbocycles. The number of aromatic carboxylic acids is 1. The molecule has 0 saturated carbocycles. The number of nitrogen functional groups attached to an aromatic ring is 1. The minimum absolute atomic E-state index is 0.0148. The largest absolute Gasteiger partial charge is 0.478 e. The van der Waals surface area contributed by atoms with Crippen LogP contribution in [0.1, 0.15) is 10.4 Å². The molecule has 4 nitrogen and oxygen atoms in total. The van der Waals surface area contributed by atoms with Crippen LogP contribution in [-0.2, 0) is 0 Å². The number of hydrogen-bond acceptors (Lipinski definition) is 3. The van der Waals surface area contributed by atoms with Crippen molar-refractivity contribution in [2.75, 3.05) is 5.73 Å². The number of anilines is 1. The van der Waals surface area contributed by atoms with Crippen molar-refractivity contribution in [1.82, 2.24) is 0 Å². The minimum Gasteiger partial charge on any atom is -0.478 e. The standard InChI is InChI=1S/C13H9BrClNO3/c14-7-4-5-11(9(15)6-7)19-12-8(13(17)18)2-1-3-10(12)16/h1-6H,16H2,(H,17,18). The molecule has 0 bridgehead atoms. The van der Waals surface area contributed by atoms with Crippen LogP contribution in [-0.4, -0.2) is 11.1 Å². The summed E-state index contributed by atoms with van der Waals surface area (Å²) in [6.45, 7) is 0. The lowest BCUT2D eigenvalue weighted by molar-refractivity contribution is 0.0694. The molecule has 0 aromatic heterocycles. The minimum atomic E-state index is -1.12. The van der Waals surface area contributed by atoms with Gasteiger partial charge in [-0.05, 0) is 30.3 Å². The molecule has 0 unspecified atom stereocenters. The lowest BCUT2D eigenvalue weighted by Gasteiger charge is -2.12. The number of hydrogen-bond donors (Lipinski definition) is 2. The van der Waals surface area contributed by atoms with E-state index >= 15 is 0 Å². The summed E-state index contributed by atoms with van der Waals surface area (Å²) < 4.78 is 6.32. The summed E-state index contributed by atoms with van der Waals surface area (Å²) in [5, 5.41) is 9.46. The quantitative estimate of drug-likeness (QED) is 0.821. The van der Waals surface area contributed by atoms with E-state index in [9.17, 15) is 4.79 Å². The van der Waals surface area contributed by atoms with Crippen molar-refractivity contribution in [2.45, 2.75) is 0 Å². The Labute approximate surface area is 122 Å². The van der Waals surface area contributed by atoms with Gasteiger partial charge in [0, 0.05) is 4.47 Å². The van der Waals surface area contributed by atoms with Gasteiger partial charge in [-0.3, -0.25) is 0 Å². The van der Waals surface area contributed by atoms with Crippen LogP contribution in [0.25, 0.3) is 0 Å². The second kappa shape index (κ2) is 5.50. The number of carboxylic acid groups (broad SMARTS) is 1. The molecule has 98 valence electrons. The molecule has 19 heavy (non-hydrogen) atoms. The second-order valence-corrected chi connectivity index (χ2v) is 5.03. The fourth-order valence-electron chi connectivity index (χ4n) is 1.51. The van der Waals surface area contributed by atoms with Crippen molar-refractivity contribution in [3.63, 3.8) is 0 Å². The molecule has 0 atom stereocenters. The lowest BCUT2D eigenvalue weighted by atomic mass is 10.1. The normalized spacial score (nSPS) is 10.2. The molecule has 0 spiro atoms. The highest BCUT2D eigenvalue weighted by Crippen LogP contribution is 2.36. The van der Waals surface area contributed by atoms with E-state index in [1.807, 2.05) is 0 Å². The Bertz CT molecular complexity index is 646. The van der Waals surface area contributed by atoms with Crippen molar-refractivity contribution in [3.8, 4) is 11.5 Å². The number of halogens is 2. The van der Waals surface area contributed by atoms with Crippen LogP contribution in [0.5, 0.6) is 11.5 Å². The first-order valence-electron chi connectivity index (χ1n) is 5.23. The molecule has 6 heteroatoms. The van der Waals surface area contributed by atoms with Crippen LogP contribution in [0.4, 0.5) is 5.69 Å². The average Bonchev–Trinajstić information content (AvgIpc) is 2.34. The average molecular weight is 343 g/mol. The Morgan fingerprint density at radius 2 is 2.05 bits per heavy atom. The molecule has 0 aliphatic carbocycles. The summed E-state index contributed by atoms with van der Waals surface area (Å²) >= 11 is 9.30. The van der Waals surface area contributed by atoms with Crippen molar-refractivity contribution < 1.29 is 14.6 Å². The fourth-order valence-corrected chi connectivity index (χ4v) is 2.22. The molecule has 0 aliphatic heterocycles. The number of carbonyl (C=O) groups is 1. The van der Waals surface area contributed by atoms with E-state index in [-0.39, 0.29) is 17.0 Å². The zero-order chi connectivity index (χ0) is 14.0. The number of nitrogens with two attached hydrogens (primary N) is 1. The predicted molar refractivity (Wildman–Crippen MR) is 77.0 cm³/mol. The summed E-state index contributed by atoms with van der Waals surface area (Å²) in [6, 6.07) is 9.55. The molecule has 0 heterocycles. The van der Waals surface area contributed by atoms with Crippen molar-refractivity contribution in [2.24, 2.45) is 0 Å². The first-order chi connectivity index (χ1) is 8.99. The van der Waals surface area contributed by atoms with Gasteiger partial charge in [0.2, 0.25) is 0 Å². The summed E-state index contributed by atoms with van der Waals surface area (Å²) in [5.74, 6) is -0.694. The molecule has 0 amide bonds. The highest BCUT2D eigenvalue weighted by molar-refractivity contribution is 9.10. The summed E-state index contributed by atoms with van der Waals surface area (Å²) in [5.41, 5.74) is 5.97. The molecule has 0 fully saturated rings. The highest BCUT2D eigenvalue weighted by Gasteiger charge is 2.16. The van der Waals surface area contributed by atoms with Gasteiger partial charge < -0.3 is 15.6 Å². The van der Waals surface area contributed by atoms with Gasteiger partial charge in [-0.1, -0.05) is 33.6 Å². The summed E-state index contributed by atoms with van der Waals surface area (Å²) in [6.07, 6.45) is 0. The van der Waals surface area contributed by atoms with E-state index in [4.69, 9.17) is 27.2 Å². The van der Waals surface area contributed by atoms with Gasteiger partial charge in [-0.25, -0.2) is 4.79 Å². The maximum absolute atomic E-state index is 11.1. The molecular weight excluding hydrogens is 334 g/mol. The van der Waals surface area contributed by atoms with Crippen molar-refractivity contribution >= 4 is 39.2 Å². The molecular formula is C13H9BrClNO3. The maximum atomic E-state index is 11.1. The van der Waals surface area contributed by atoms with Crippen LogP contribution < -0.4 is 10.5 Å². The smallest absolute Gasteiger partial charge is 0.339 e. The van der Waals surface area contributed by atoms with E-state index in [1.54, 1.807) is 30.3 Å². The number of para-hydroxylation sites is 1. The Balaban J connectivity index is 2.46. The Morgan fingerprint density at radius 3 is 2.68 bits per heavy atom. The van der Waals surface area contributed by atoms with E-state index in [0.717, 1.165) is 4.47 Å². The van der Waals surface area contributed by atoms with Crippen LogP contribution in [0, 0.1) is 0 Å². The van der Waals surface area contributed by atoms with Gasteiger partial charge in [0.25, 0.3) is 0 Å². The van der Waals surface area contributed by atoms with Gasteiger partial charge in [-0.2, -0.15) is 0 Å². The third-order valence-corrected chi connectivity index (χ3v) is 3.17. The fraction of sp³-hybridized carbons (Fsp3) is 0. The zero-order valence-corrected chi connectivity index (χ0v) is 11.9. The monoisotopic (exact) mass is 341 g/mol. The second-order valence-electron chi connectivity index (χ2n) is 3.71. The van der Waals surface area contributed by atoms with E-state index in [0.29, 0.717) is 10.8 Å². The molecule has 2 aromatic rings. The van der Waals surface area contributed by atoms with Gasteiger partial charge >= 0.3 is 5.97 Å². The Kier molecular flexibility index (Phi) is 3.97. The number of carboxylic acids is 1. The van der Waals surface area contributed by atoms with Crippen molar-refractivity contribution in [1.29, 1.82) is 0 Å². The SMILES string of the molecule is Nc1cccc(C(=O)O)c1Oc1ccc(Br)cc1Cl. The molecule has 0 radical (unpaired) electrons. The first-order valence-corrected chi connectivity index (χ1v) is 6.41. The number of rotatable bonds is 3. The summed E-state index contributed by atoms with van der Waals surface area (Å²) in [4.78, 5) is 11.1. The zero-order valence-electron chi connectivity index (χ0n) is 9.56. The summed E-state index contributed by atoms with van der Waals surface area (Å²) in [7, 11) is 0. The van der Waals surface area contributed by atoms with Crippen molar-refractivity contribution in [3.05, 3.63) is 51.5 Å². The third kappa shape index (κ3) is 3.00. The molecule has 3 N–H and O–H groups in total. The Hall–Kier alpha value is -1.72. The maximum Gasteiger partial charge on any atom is 0.339 e. The van der Waals surface area contributed by atoms with Gasteiger partial charge in [0.05, 0.1) is 10.7 Å². The van der Waals surface area contributed by atoms with Crippen LogP contribution >= 0.6 is 27.5 Å². The predicted octanol–water partition coefficient (Wildman–Crippen LogP) is 4.18. The van der Waals surface area contributed by atoms with E-state index < -0.39 is 5.97 Å². The van der Waals surface area contributed by atoms with Crippen LogP contribution in [0.15, 0.2) is 40.9 Å². The Morgan fingerprint density at radius 1 is 1.32 bits per heavy atom.